The maximum Gasteiger partial charge on any atom is 0.182 e. The highest BCUT2D eigenvalue weighted by molar-refractivity contribution is 6.32. The van der Waals surface area contributed by atoms with E-state index in [-0.39, 0.29) is 12.6 Å². The molecule has 0 amide bonds. The average molecular weight is 425 g/mol. The Morgan fingerprint density at radius 2 is 2.07 bits per heavy atom. The van der Waals surface area contributed by atoms with Crippen LogP contribution in [0.25, 0.3) is 22.3 Å². The van der Waals surface area contributed by atoms with Crippen LogP contribution < -0.4 is 10.1 Å². The largest absolute Gasteiger partial charge is 0.496 e. The van der Waals surface area contributed by atoms with E-state index in [2.05, 4.69) is 30.2 Å². The molecule has 1 aromatic carbocycles. The number of anilines is 1. The van der Waals surface area contributed by atoms with Crippen molar-refractivity contribution in [1.82, 2.24) is 24.9 Å². The summed E-state index contributed by atoms with van der Waals surface area (Å²) in [5.41, 5.74) is 5.40. The third-order valence-corrected chi connectivity index (χ3v) is 5.42. The molecule has 0 aliphatic rings. The van der Waals surface area contributed by atoms with E-state index in [1.54, 1.807) is 25.7 Å². The SMILES string of the molecule is COc1c(C(C)Nc2ncnc3nc[nH]c23)cc(Cl)c(C)c1-c1ccc(CO)nc1. The van der Waals surface area contributed by atoms with Crippen molar-refractivity contribution in [3.8, 4) is 16.9 Å². The van der Waals surface area contributed by atoms with Crippen molar-refractivity contribution in [2.24, 2.45) is 0 Å². The summed E-state index contributed by atoms with van der Waals surface area (Å²) in [6, 6.07) is 5.41. The Hall–Kier alpha value is -3.23. The first-order valence-corrected chi connectivity index (χ1v) is 9.75. The van der Waals surface area contributed by atoms with Crippen LogP contribution >= 0.6 is 11.6 Å². The number of aliphatic hydroxyl groups excluding tert-OH is 1. The monoisotopic (exact) mass is 424 g/mol. The number of nitrogens with one attached hydrogen (secondary N) is 2. The van der Waals surface area contributed by atoms with Crippen LogP contribution in [0.4, 0.5) is 5.82 Å². The molecular formula is C21H21ClN6O2. The number of ether oxygens (including phenoxy) is 1. The van der Waals surface area contributed by atoms with Crippen LogP contribution in [0.2, 0.25) is 5.02 Å². The highest BCUT2D eigenvalue weighted by Gasteiger charge is 2.22. The Bertz CT molecular complexity index is 1190. The van der Waals surface area contributed by atoms with Crippen LogP contribution in [0.3, 0.4) is 0 Å². The van der Waals surface area contributed by atoms with Gasteiger partial charge in [0.05, 0.1) is 31.8 Å². The lowest BCUT2D eigenvalue weighted by molar-refractivity contribution is 0.277. The number of hydrogen-bond acceptors (Lipinski definition) is 7. The number of aromatic amines is 1. The molecule has 1 atom stereocenters. The number of aromatic nitrogens is 5. The van der Waals surface area contributed by atoms with Crippen LogP contribution in [0.5, 0.6) is 5.75 Å². The van der Waals surface area contributed by atoms with Crippen LogP contribution in [0, 0.1) is 6.92 Å². The van der Waals surface area contributed by atoms with Gasteiger partial charge in [-0.15, -0.1) is 0 Å². The number of hydrogen-bond donors (Lipinski definition) is 3. The Kier molecular flexibility index (Phi) is 5.52. The molecule has 0 aliphatic carbocycles. The second-order valence-corrected chi connectivity index (χ2v) is 7.27. The quantitative estimate of drug-likeness (QED) is 0.428. The van der Waals surface area contributed by atoms with Crippen LogP contribution in [0.15, 0.2) is 37.1 Å². The van der Waals surface area contributed by atoms with Gasteiger partial charge in [-0.1, -0.05) is 17.7 Å². The summed E-state index contributed by atoms with van der Waals surface area (Å²) in [5.74, 6) is 1.34. The normalized spacial score (nSPS) is 12.2. The van der Waals surface area contributed by atoms with Gasteiger partial charge in [-0.3, -0.25) is 4.98 Å². The Labute approximate surface area is 178 Å². The Morgan fingerprint density at radius 3 is 2.77 bits per heavy atom. The summed E-state index contributed by atoms with van der Waals surface area (Å²) in [4.78, 5) is 20.0. The van der Waals surface area contributed by atoms with E-state index in [0.717, 1.165) is 27.8 Å². The molecule has 0 aliphatic heterocycles. The molecule has 0 bridgehead atoms. The predicted octanol–water partition coefficient (Wildman–Crippen LogP) is 4.05. The topological polar surface area (TPSA) is 109 Å². The predicted molar refractivity (Wildman–Crippen MR) is 116 cm³/mol. The minimum Gasteiger partial charge on any atom is -0.496 e. The molecule has 8 nitrogen and oxygen atoms in total. The van der Waals surface area contributed by atoms with Gasteiger partial charge in [-0.2, -0.15) is 0 Å². The lowest BCUT2D eigenvalue weighted by Crippen LogP contribution is -2.11. The third-order valence-electron chi connectivity index (χ3n) is 5.03. The van der Waals surface area contributed by atoms with E-state index in [0.29, 0.717) is 27.9 Å². The van der Waals surface area contributed by atoms with E-state index in [1.807, 2.05) is 26.0 Å². The molecule has 3 heterocycles. The molecule has 0 radical (unpaired) electrons. The number of methoxy groups -OCH3 is 1. The molecule has 154 valence electrons. The molecule has 3 N–H and O–H groups in total. The van der Waals surface area contributed by atoms with Crippen molar-refractivity contribution >= 4 is 28.6 Å². The molecule has 0 spiro atoms. The zero-order valence-corrected chi connectivity index (χ0v) is 17.5. The number of benzene rings is 1. The molecule has 30 heavy (non-hydrogen) atoms. The zero-order chi connectivity index (χ0) is 21.3. The number of aliphatic hydroxyl groups is 1. The molecule has 9 heteroatoms. The van der Waals surface area contributed by atoms with E-state index in [1.165, 1.54) is 6.33 Å². The Morgan fingerprint density at radius 1 is 1.23 bits per heavy atom. The highest BCUT2D eigenvalue weighted by atomic mass is 35.5. The van der Waals surface area contributed by atoms with Gasteiger partial charge in [0, 0.05) is 27.9 Å². The standard InChI is InChI=1S/C21H21ClN6O2/c1-11-16(22)6-15(12(2)28-21-18-20(25-9-24-18)26-10-27-21)19(30-3)17(11)13-4-5-14(8-29)23-7-13/h4-7,9-10,12,29H,8H2,1-3H3,(H2,24,25,26,27,28). The van der Waals surface area contributed by atoms with Crippen molar-refractivity contribution in [3.63, 3.8) is 0 Å². The first-order chi connectivity index (χ1) is 14.5. The van der Waals surface area contributed by atoms with Crippen molar-refractivity contribution < 1.29 is 9.84 Å². The zero-order valence-electron chi connectivity index (χ0n) is 16.8. The van der Waals surface area contributed by atoms with Crippen LogP contribution in [0.1, 0.15) is 29.8 Å². The first-order valence-electron chi connectivity index (χ1n) is 9.37. The summed E-state index contributed by atoms with van der Waals surface area (Å²) < 4.78 is 5.83. The molecule has 0 saturated heterocycles. The van der Waals surface area contributed by atoms with E-state index in [4.69, 9.17) is 16.3 Å². The van der Waals surface area contributed by atoms with Crippen LogP contribution in [-0.2, 0) is 6.61 Å². The number of H-pyrrole nitrogens is 1. The van der Waals surface area contributed by atoms with Crippen molar-refractivity contribution in [3.05, 3.63) is 58.9 Å². The number of halogens is 1. The van der Waals surface area contributed by atoms with Gasteiger partial charge in [-0.05, 0) is 31.5 Å². The number of nitrogens with zero attached hydrogens (tertiary/aromatic N) is 4. The highest BCUT2D eigenvalue weighted by Crippen LogP contribution is 2.42. The fourth-order valence-corrected chi connectivity index (χ4v) is 3.67. The summed E-state index contributed by atoms with van der Waals surface area (Å²) in [5, 5.41) is 13.3. The summed E-state index contributed by atoms with van der Waals surface area (Å²) >= 11 is 6.60. The summed E-state index contributed by atoms with van der Waals surface area (Å²) in [7, 11) is 1.63. The number of imidazole rings is 1. The minimum atomic E-state index is -0.178. The first kappa shape index (κ1) is 20.1. The van der Waals surface area contributed by atoms with Gasteiger partial charge in [0.1, 0.15) is 17.6 Å². The molecule has 3 aromatic heterocycles. The second-order valence-electron chi connectivity index (χ2n) is 6.87. The van der Waals surface area contributed by atoms with E-state index < -0.39 is 0 Å². The lowest BCUT2D eigenvalue weighted by Gasteiger charge is -2.22. The fourth-order valence-electron chi connectivity index (χ4n) is 3.46. The average Bonchev–Trinajstić information content (AvgIpc) is 3.25. The minimum absolute atomic E-state index is 0.112. The maximum atomic E-state index is 9.28. The third kappa shape index (κ3) is 3.55. The number of fused-ring (bicyclic) bond motifs is 1. The maximum absolute atomic E-state index is 9.28. The van der Waals surface area contributed by atoms with Gasteiger partial charge in [0.15, 0.2) is 11.5 Å². The molecule has 4 rings (SSSR count). The van der Waals surface area contributed by atoms with Gasteiger partial charge in [0.25, 0.3) is 0 Å². The summed E-state index contributed by atoms with van der Waals surface area (Å²) in [6.07, 6.45) is 4.77. The molecule has 1 unspecified atom stereocenters. The second kappa shape index (κ2) is 8.25. The molecule has 4 aromatic rings. The Balaban J connectivity index is 1.79. The van der Waals surface area contributed by atoms with Gasteiger partial charge in [0.2, 0.25) is 0 Å². The van der Waals surface area contributed by atoms with Crippen molar-refractivity contribution in [2.75, 3.05) is 12.4 Å². The molecular weight excluding hydrogens is 404 g/mol. The smallest absolute Gasteiger partial charge is 0.182 e. The number of rotatable bonds is 6. The lowest BCUT2D eigenvalue weighted by atomic mass is 9.94. The summed E-state index contributed by atoms with van der Waals surface area (Å²) in [6.45, 7) is 3.84. The van der Waals surface area contributed by atoms with Crippen molar-refractivity contribution in [1.29, 1.82) is 0 Å². The van der Waals surface area contributed by atoms with E-state index >= 15 is 0 Å². The van der Waals surface area contributed by atoms with Crippen molar-refractivity contribution in [2.45, 2.75) is 26.5 Å². The fraction of sp³-hybridized carbons (Fsp3) is 0.238. The van der Waals surface area contributed by atoms with Gasteiger partial charge >= 0.3 is 0 Å². The van der Waals surface area contributed by atoms with E-state index in [9.17, 15) is 5.11 Å². The molecule has 0 saturated carbocycles. The number of pyridine rings is 1. The molecule has 0 fully saturated rings. The van der Waals surface area contributed by atoms with Gasteiger partial charge in [-0.25, -0.2) is 15.0 Å². The van der Waals surface area contributed by atoms with Gasteiger partial charge < -0.3 is 20.1 Å². The van der Waals surface area contributed by atoms with Crippen LogP contribution in [-0.4, -0.2) is 37.1 Å².